The fourth-order valence-electron chi connectivity index (χ4n) is 4.17. The molecule has 5 heteroatoms. The molecule has 0 saturated heterocycles. The van der Waals surface area contributed by atoms with Crippen LogP contribution in [0, 0.1) is 17.7 Å². The molecule has 3 unspecified atom stereocenters. The number of benzene rings is 1. The summed E-state index contributed by atoms with van der Waals surface area (Å²) < 4.78 is 13.2. The Kier molecular flexibility index (Phi) is 7.05. The lowest BCUT2D eigenvalue weighted by atomic mass is 9.84. The highest BCUT2D eigenvalue weighted by atomic mass is 35.5. The van der Waals surface area contributed by atoms with Gasteiger partial charge in [-0.15, -0.1) is 12.4 Å². The molecule has 0 heterocycles. The Balaban J connectivity index is 0.00000208. The number of hydrogen-bond donors (Lipinski definition) is 2. The Labute approximate surface area is 150 Å². The van der Waals surface area contributed by atoms with Crippen molar-refractivity contribution < 1.29 is 9.18 Å². The lowest BCUT2D eigenvalue weighted by Crippen LogP contribution is -2.41. The fraction of sp³-hybridized carbons (Fsp3) is 0.632. The van der Waals surface area contributed by atoms with Crippen molar-refractivity contribution in [1.29, 1.82) is 0 Å². The predicted octanol–water partition coefficient (Wildman–Crippen LogP) is 4.11. The van der Waals surface area contributed by atoms with Crippen LogP contribution in [0.1, 0.15) is 63.0 Å². The molecule has 1 amide bonds. The molecule has 3 nitrogen and oxygen atoms in total. The number of nitrogens with two attached hydrogens (primary N) is 1. The van der Waals surface area contributed by atoms with Crippen LogP contribution in [0.15, 0.2) is 24.3 Å². The normalized spacial score (nSPS) is 25.8. The van der Waals surface area contributed by atoms with Gasteiger partial charge in [0.05, 0.1) is 6.04 Å². The summed E-state index contributed by atoms with van der Waals surface area (Å²) in [6.45, 7) is 0. The van der Waals surface area contributed by atoms with Gasteiger partial charge in [-0.05, 0) is 55.7 Å². The monoisotopic (exact) mass is 354 g/mol. The van der Waals surface area contributed by atoms with E-state index >= 15 is 0 Å². The van der Waals surface area contributed by atoms with Gasteiger partial charge in [0.1, 0.15) is 5.82 Å². The summed E-state index contributed by atoms with van der Waals surface area (Å²) in [6, 6.07) is 6.75. The van der Waals surface area contributed by atoms with Crippen molar-refractivity contribution in [3.05, 3.63) is 35.6 Å². The minimum absolute atomic E-state index is 0. The van der Waals surface area contributed by atoms with E-state index in [2.05, 4.69) is 5.32 Å². The van der Waals surface area contributed by atoms with Gasteiger partial charge in [0.15, 0.2) is 0 Å². The zero-order valence-corrected chi connectivity index (χ0v) is 14.9. The Bertz CT molecular complexity index is 531. The predicted molar refractivity (Wildman–Crippen MR) is 96.4 cm³/mol. The Morgan fingerprint density at radius 3 is 2.38 bits per heavy atom. The fourth-order valence-corrected chi connectivity index (χ4v) is 4.17. The second-order valence-corrected chi connectivity index (χ2v) is 7.21. The first kappa shape index (κ1) is 19.2. The molecule has 0 bridgehead atoms. The number of carbonyl (C=O) groups excluding carboxylic acids is 1. The number of nitrogens with one attached hydrogen (secondary N) is 1. The maximum atomic E-state index is 13.2. The van der Waals surface area contributed by atoms with Crippen molar-refractivity contribution in [2.45, 2.75) is 63.5 Å². The summed E-state index contributed by atoms with van der Waals surface area (Å²) in [6.07, 6.45) is 8.46. The first-order chi connectivity index (χ1) is 11.1. The maximum Gasteiger partial charge on any atom is 0.223 e. The average molecular weight is 355 g/mol. The topological polar surface area (TPSA) is 55.1 Å². The van der Waals surface area contributed by atoms with Crippen molar-refractivity contribution in [3.8, 4) is 0 Å². The minimum Gasteiger partial charge on any atom is -0.349 e. The largest absolute Gasteiger partial charge is 0.349 e. The molecule has 2 aliphatic carbocycles. The van der Waals surface area contributed by atoms with Gasteiger partial charge in [0, 0.05) is 12.0 Å². The molecule has 3 N–H and O–H groups in total. The second kappa shape index (κ2) is 8.82. The van der Waals surface area contributed by atoms with E-state index in [9.17, 15) is 9.18 Å². The van der Waals surface area contributed by atoms with Crippen LogP contribution in [0.5, 0.6) is 0 Å². The Morgan fingerprint density at radius 2 is 1.75 bits per heavy atom. The number of halogens is 2. The number of rotatable bonds is 4. The molecule has 0 aliphatic heterocycles. The van der Waals surface area contributed by atoms with Gasteiger partial charge in [0.25, 0.3) is 0 Å². The maximum absolute atomic E-state index is 13.2. The first-order valence-electron chi connectivity index (χ1n) is 8.95. The quantitative estimate of drug-likeness (QED) is 0.854. The highest BCUT2D eigenvalue weighted by Crippen LogP contribution is 2.36. The third-order valence-corrected chi connectivity index (χ3v) is 5.48. The number of amides is 1. The van der Waals surface area contributed by atoms with Crippen LogP contribution < -0.4 is 11.1 Å². The second-order valence-electron chi connectivity index (χ2n) is 7.21. The Morgan fingerprint density at radius 1 is 1.08 bits per heavy atom. The highest BCUT2D eigenvalue weighted by Gasteiger charge is 2.31. The molecule has 1 aromatic carbocycles. The summed E-state index contributed by atoms with van der Waals surface area (Å²) in [5.74, 6) is 0.384. The molecule has 0 aromatic heterocycles. The average Bonchev–Trinajstić information content (AvgIpc) is 3.07. The van der Waals surface area contributed by atoms with Crippen molar-refractivity contribution >= 4 is 18.3 Å². The van der Waals surface area contributed by atoms with Crippen LogP contribution in [0.3, 0.4) is 0 Å². The highest BCUT2D eigenvalue weighted by molar-refractivity contribution is 5.85. The molecule has 2 saturated carbocycles. The molecule has 134 valence electrons. The summed E-state index contributed by atoms with van der Waals surface area (Å²) >= 11 is 0. The van der Waals surface area contributed by atoms with Crippen LogP contribution >= 0.6 is 12.4 Å². The molecule has 2 aliphatic rings. The van der Waals surface area contributed by atoms with Crippen molar-refractivity contribution in [1.82, 2.24) is 5.32 Å². The van der Waals surface area contributed by atoms with E-state index in [1.807, 2.05) is 12.1 Å². The van der Waals surface area contributed by atoms with Crippen molar-refractivity contribution in [3.63, 3.8) is 0 Å². The SMILES string of the molecule is Cl.NC1CCCC(C(=O)NC(c2ccc(F)cc2)C2CCCC2)C1. The molecule has 0 spiro atoms. The van der Waals surface area contributed by atoms with E-state index in [0.29, 0.717) is 5.92 Å². The summed E-state index contributed by atoms with van der Waals surface area (Å²) in [5.41, 5.74) is 7.04. The zero-order valence-electron chi connectivity index (χ0n) is 14.0. The molecule has 0 radical (unpaired) electrons. The number of carbonyl (C=O) groups is 1. The molecular weight excluding hydrogens is 327 g/mol. The minimum atomic E-state index is -0.233. The summed E-state index contributed by atoms with van der Waals surface area (Å²) in [5, 5.41) is 3.27. The van der Waals surface area contributed by atoms with E-state index in [1.54, 1.807) is 0 Å². The molecule has 3 rings (SSSR count). The lowest BCUT2D eigenvalue weighted by Gasteiger charge is -2.30. The van der Waals surface area contributed by atoms with E-state index in [-0.39, 0.29) is 42.1 Å². The summed E-state index contributed by atoms with van der Waals surface area (Å²) in [7, 11) is 0. The van der Waals surface area contributed by atoms with E-state index in [4.69, 9.17) is 5.73 Å². The van der Waals surface area contributed by atoms with Crippen LogP contribution in [-0.2, 0) is 4.79 Å². The molecule has 3 atom stereocenters. The lowest BCUT2D eigenvalue weighted by molar-refractivity contribution is -0.127. The van der Waals surface area contributed by atoms with Gasteiger partial charge in [-0.1, -0.05) is 31.4 Å². The van der Waals surface area contributed by atoms with Gasteiger partial charge in [-0.25, -0.2) is 4.39 Å². The standard InChI is InChI=1S/C19H27FN2O.ClH/c20-16-10-8-14(9-11-16)18(13-4-1-2-5-13)22-19(23)15-6-3-7-17(21)12-15;/h8-11,13,15,17-18H,1-7,12,21H2,(H,22,23);1H. The smallest absolute Gasteiger partial charge is 0.223 e. The van der Waals surface area contributed by atoms with Crippen molar-refractivity contribution in [2.24, 2.45) is 17.6 Å². The first-order valence-corrected chi connectivity index (χ1v) is 8.95. The third kappa shape index (κ3) is 4.70. The van der Waals surface area contributed by atoms with Gasteiger partial charge in [0.2, 0.25) is 5.91 Å². The Hall–Kier alpha value is -1.13. The van der Waals surface area contributed by atoms with Crippen molar-refractivity contribution in [2.75, 3.05) is 0 Å². The zero-order chi connectivity index (χ0) is 16.2. The molecule has 24 heavy (non-hydrogen) atoms. The van der Waals surface area contributed by atoms with Crippen LogP contribution in [0.25, 0.3) is 0 Å². The van der Waals surface area contributed by atoms with Gasteiger partial charge in [-0.2, -0.15) is 0 Å². The third-order valence-electron chi connectivity index (χ3n) is 5.48. The van der Waals surface area contributed by atoms with Gasteiger partial charge >= 0.3 is 0 Å². The van der Waals surface area contributed by atoms with E-state index in [0.717, 1.165) is 44.1 Å². The number of hydrogen-bond acceptors (Lipinski definition) is 2. The van der Waals surface area contributed by atoms with E-state index in [1.165, 1.54) is 25.0 Å². The molecule has 2 fully saturated rings. The van der Waals surface area contributed by atoms with E-state index < -0.39 is 0 Å². The van der Waals surface area contributed by atoms with Crippen LogP contribution in [0.2, 0.25) is 0 Å². The summed E-state index contributed by atoms with van der Waals surface area (Å²) in [4.78, 5) is 12.7. The van der Waals surface area contributed by atoms with Crippen LogP contribution in [0.4, 0.5) is 4.39 Å². The molecule has 1 aromatic rings. The van der Waals surface area contributed by atoms with Crippen LogP contribution in [-0.4, -0.2) is 11.9 Å². The van der Waals surface area contributed by atoms with Gasteiger partial charge < -0.3 is 11.1 Å². The van der Waals surface area contributed by atoms with Gasteiger partial charge in [-0.3, -0.25) is 4.79 Å². The molecular formula is C19H28ClFN2O.